The Balaban J connectivity index is 2.09. The number of hydrogen-bond donors (Lipinski definition) is 0. The molecule has 0 N–H and O–H groups in total. The van der Waals surface area contributed by atoms with Gasteiger partial charge in [0.1, 0.15) is 5.75 Å². The highest BCUT2D eigenvalue weighted by Gasteiger charge is 2.20. The molecular formula is C16H22O2. The number of ketones is 1. The topological polar surface area (TPSA) is 26.3 Å². The largest absolute Gasteiger partial charge is 0.493 e. The molecule has 2 heteroatoms. The van der Waals surface area contributed by atoms with Gasteiger partial charge in [0.15, 0.2) is 5.78 Å². The Morgan fingerprint density at radius 1 is 1.33 bits per heavy atom. The van der Waals surface area contributed by atoms with E-state index in [1.54, 1.807) is 0 Å². The molecule has 1 aliphatic rings. The fourth-order valence-corrected chi connectivity index (χ4v) is 2.59. The Morgan fingerprint density at radius 3 is 2.94 bits per heavy atom. The molecule has 1 aliphatic carbocycles. The van der Waals surface area contributed by atoms with Gasteiger partial charge in [0, 0.05) is 17.5 Å². The van der Waals surface area contributed by atoms with Crippen molar-refractivity contribution >= 4 is 5.78 Å². The summed E-state index contributed by atoms with van der Waals surface area (Å²) in [6, 6.07) is 5.86. The van der Waals surface area contributed by atoms with Gasteiger partial charge < -0.3 is 4.74 Å². The fraction of sp³-hybridized carbons (Fsp3) is 0.562. The molecule has 1 unspecified atom stereocenters. The van der Waals surface area contributed by atoms with Gasteiger partial charge >= 0.3 is 0 Å². The number of ether oxygens (including phenoxy) is 1. The molecule has 0 fully saturated rings. The van der Waals surface area contributed by atoms with Crippen LogP contribution in [0, 0.1) is 5.92 Å². The minimum absolute atomic E-state index is 0.267. The van der Waals surface area contributed by atoms with Crippen LogP contribution < -0.4 is 4.74 Å². The fourth-order valence-electron chi connectivity index (χ4n) is 2.59. The van der Waals surface area contributed by atoms with Crippen LogP contribution in [0.15, 0.2) is 18.2 Å². The standard InChI is InChI=1S/C16H22O2/c1-3-6-12(2)11-18-16-10-5-7-13-14(16)8-4-9-15(13)17/h5,7,10,12H,3-4,6,8-9,11H2,1-2H3. The van der Waals surface area contributed by atoms with Crippen molar-refractivity contribution in [1.82, 2.24) is 0 Å². The second-order valence-corrected chi connectivity index (χ2v) is 5.26. The Labute approximate surface area is 109 Å². The van der Waals surface area contributed by atoms with Gasteiger partial charge in [-0.15, -0.1) is 0 Å². The molecule has 1 aromatic carbocycles. The number of Topliss-reactive ketones (excluding diaryl/α,β-unsaturated/α-hetero) is 1. The van der Waals surface area contributed by atoms with Crippen LogP contribution in [0.25, 0.3) is 0 Å². The van der Waals surface area contributed by atoms with Crippen LogP contribution in [0.2, 0.25) is 0 Å². The van der Waals surface area contributed by atoms with E-state index >= 15 is 0 Å². The van der Waals surface area contributed by atoms with E-state index < -0.39 is 0 Å². The van der Waals surface area contributed by atoms with E-state index in [9.17, 15) is 4.79 Å². The second kappa shape index (κ2) is 6.03. The monoisotopic (exact) mass is 246 g/mol. The molecular weight excluding hydrogens is 224 g/mol. The molecule has 2 nitrogen and oxygen atoms in total. The van der Waals surface area contributed by atoms with Crippen molar-refractivity contribution in [3.63, 3.8) is 0 Å². The summed E-state index contributed by atoms with van der Waals surface area (Å²) in [5.74, 6) is 1.76. The van der Waals surface area contributed by atoms with Gasteiger partial charge in [-0.05, 0) is 31.2 Å². The van der Waals surface area contributed by atoms with E-state index in [-0.39, 0.29) is 5.78 Å². The molecule has 1 atom stereocenters. The molecule has 0 saturated carbocycles. The van der Waals surface area contributed by atoms with Crippen LogP contribution >= 0.6 is 0 Å². The zero-order valence-corrected chi connectivity index (χ0v) is 11.4. The maximum atomic E-state index is 11.8. The SMILES string of the molecule is CCCC(C)COc1cccc2c1CCCC2=O. The van der Waals surface area contributed by atoms with E-state index in [0.29, 0.717) is 12.3 Å². The summed E-state index contributed by atoms with van der Waals surface area (Å²) in [5, 5.41) is 0. The number of benzene rings is 1. The van der Waals surface area contributed by atoms with Crippen molar-refractivity contribution < 1.29 is 9.53 Å². The Bertz CT molecular complexity index is 423. The number of carbonyl (C=O) groups excluding carboxylic acids is 1. The van der Waals surface area contributed by atoms with Crippen molar-refractivity contribution in [1.29, 1.82) is 0 Å². The molecule has 2 rings (SSSR count). The van der Waals surface area contributed by atoms with Crippen molar-refractivity contribution in [2.75, 3.05) is 6.61 Å². The first-order valence-corrected chi connectivity index (χ1v) is 7.00. The first-order chi connectivity index (χ1) is 8.72. The van der Waals surface area contributed by atoms with Gasteiger partial charge in [-0.2, -0.15) is 0 Å². The van der Waals surface area contributed by atoms with E-state index in [1.165, 1.54) is 12.8 Å². The molecule has 1 aromatic rings. The van der Waals surface area contributed by atoms with Gasteiger partial charge in [-0.25, -0.2) is 0 Å². The lowest BCUT2D eigenvalue weighted by molar-refractivity contribution is 0.0971. The van der Waals surface area contributed by atoms with Crippen molar-refractivity contribution in [2.45, 2.75) is 46.0 Å². The van der Waals surface area contributed by atoms with Crippen LogP contribution in [-0.2, 0) is 6.42 Å². The summed E-state index contributed by atoms with van der Waals surface area (Å²) in [6.45, 7) is 5.15. The summed E-state index contributed by atoms with van der Waals surface area (Å²) >= 11 is 0. The lowest BCUT2D eigenvalue weighted by Crippen LogP contribution is -2.14. The smallest absolute Gasteiger partial charge is 0.163 e. The summed E-state index contributed by atoms with van der Waals surface area (Å²) in [7, 11) is 0. The predicted molar refractivity (Wildman–Crippen MR) is 73.3 cm³/mol. The third-order valence-corrected chi connectivity index (χ3v) is 3.57. The van der Waals surface area contributed by atoms with Crippen molar-refractivity contribution in [3.8, 4) is 5.75 Å². The summed E-state index contributed by atoms with van der Waals surface area (Å²) in [5.41, 5.74) is 2.00. The highest BCUT2D eigenvalue weighted by Crippen LogP contribution is 2.29. The van der Waals surface area contributed by atoms with E-state index in [1.807, 2.05) is 18.2 Å². The molecule has 0 heterocycles. The van der Waals surface area contributed by atoms with Crippen LogP contribution in [0.3, 0.4) is 0 Å². The second-order valence-electron chi connectivity index (χ2n) is 5.26. The third-order valence-electron chi connectivity index (χ3n) is 3.57. The zero-order valence-electron chi connectivity index (χ0n) is 11.4. The molecule has 0 aromatic heterocycles. The Kier molecular flexibility index (Phi) is 4.40. The van der Waals surface area contributed by atoms with Crippen molar-refractivity contribution in [3.05, 3.63) is 29.3 Å². The molecule has 0 spiro atoms. The molecule has 0 radical (unpaired) electrons. The summed E-state index contributed by atoms with van der Waals surface area (Å²) < 4.78 is 5.91. The highest BCUT2D eigenvalue weighted by molar-refractivity contribution is 5.99. The Hall–Kier alpha value is -1.31. The molecule has 0 saturated heterocycles. The van der Waals surface area contributed by atoms with Gasteiger partial charge in [-0.1, -0.05) is 32.4 Å². The summed E-state index contributed by atoms with van der Waals surface area (Å²) in [6.07, 6.45) is 4.99. The van der Waals surface area contributed by atoms with Crippen LogP contribution in [-0.4, -0.2) is 12.4 Å². The van der Waals surface area contributed by atoms with Crippen LogP contribution in [0.5, 0.6) is 5.75 Å². The zero-order chi connectivity index (χ0) is 13.0. The van der Waals surface area contributed by atoms with Gasteiger partial charge in [-0.3, -0.25) is 4.79 Å². The number of carbonyl (C=O) groups is 1. The predicted octanol–water partition coefficient (Wildman–Crippen LogP) is 4.02. The van der Waals surface area contributed by atoms with E-state index in [0.717, 1.165) is 36.3 Å². The van der Waals surface area contributed by atoms with Gasteiger partial charge in [0.2, 0.25) is 0 Å². The average molecular weight is 246 g/mol. The normalized spacial score (nSPS) is 16.2. The molecule has 18 heavy (non-hydrogen) atoms. The van der Waals surface area contributed by atoms with E-state index in [4.69, 9.17) is 4.74 Å². The number of fused-ring (bicyclic) bond motifs is 1. The highest BCUT2D eigenvalue weighted by atomic mass is 16.5. The Morgan fingerprint density at radius 2 is 2.17 bits per heavy atom. The minimum Gasteiger partial charge on any atom is -0.493 e. The van der Waals surface area contributed by atoms with Gasteiger partial charge in [0.05, 0.1) is 6.61 Å². The quantitative estimate of drug-likeness (QED) is 0.784. The maximum Gasteiger partial charge on any atom is 0.163 e. The van der Waals surface area contributed by atoms with Crippen molar-refractivity contribution in [2.24, 2.45) is 5.92 Å². The van der Waals surface area contributed by atoms with E-state index in [2.05, 4.69) is 13.8 Å². The average Bonchev–Trinajstić information content (AvgIpc) is 2.37. The lowest BCUT2D eigenvalue weighted by atomic mass is 9.90. The first kappa shape index (κ1) is 13.1. The minimum atomic E-state index is 0.267. The molecule has 0 bridgehead atoms. The first-order valence-electron chi connectivity index (χ1n) is 7.00. The number of rotatable bonds is 5. The van der Waals surface area contributed by atoms with Crippen LogP contribution in [0.1, 0.15) is 55.5 Å². The molecule has 0 aliphatic heterocycles. The number of hydrogen-bond acceptors (Lipinski definition) is 2. The summed E-state index contributed by atoms with van der Waals surface area (Å²) in [4.78, 5) is 11.8. The maximum absolute atomic E-state index is 11.8. The van der Waals surface area contributed by atoms with Gasteiger partial charge in [0.25, 0.3) is 0 Å². The molecule has 98 valence electrons. The lowest BCUT2D eigenvalue weighted by Gasteiger charge is -2.20. The third kappa shape index (κ3) is 2.92. The molecule has 0 amide bonds. The van der Waals surface area contributed by atoms with Crippen LogP contribution in [0.4, 0.5) is 0 Å².